The highest BCUT2D eigenvalue weighted by Crippen LogP contribution is 2.32. The van der Waals surface area contributed by atoms with E-state index in [0.29, 0.717) is 18.2 Å². The van der Waals surface area contributed by atoms with Crippen molar-refractivity contribution in [2.75, 3.05) is 13.2 Å². The van der Waals surface area contributed by atoms with Gasteiger partial charge in [0.25, 0.3) is 0 Å². The van der Waals surface area contributed by atoms with Crippen LogP contribution in [0.15, 0.2) is 30.3 Å². The van der Waals surface area contributed by atoms with Crippen LogP contribution in [-0.4, -0.2) is 36.3 Å². The van der Waals surface area contributed by atoms with E-state index in [0.717, 1.165) is 25.5 Å². The molecule has 3 unspecified atom stereocenters. The molecule has 136 valence electrons. The summed E-state index contributed by atoms with van der Waals surface area (Å²) in [6.45, 7) is 6.46. The van der Waals surface area contributed by atoms with E-state index < -0.39 is 0 Å². The molecule has 3 nitrogen and oxygen atoms in total. The van der Waals surface area contributed by atoms with Crippen LogP contribution in [0, 0.1) is 5.92 Å². The highest BCUT2D eigenvalue weighted by Gasteiger charge is 2.35. The van der Waals surface area contributed by atoms with E-state index >= 15 is 0 Å². The Bertz CT molecular complexity index is 464. The lowest BCUT2D eigenvalue weighted by Crippen LogP contribution is -2.59. The molecule has 3 rings (SSSR count). The molecule has 4 heteroatoms. The first-order valence-corrected chi connectivity index (χ1v) is 9.42. The van der Waals surface area contributed by atoms with Gasteiger partial charge in [-0.25, -0.2) is 5.01 Å². The maximum atomic E-state index is 6.18. The number of nitrogens with zero attached hydrogens (tertiary/aromatic N) is 1. The monoisotopic (exact) mass is 352 g/mol. The molecular weight excluding hydrogens is 320 g/mol. The Balaban J connectivity index is 0.00000208. The SMILES string of the molecule is CC(Cc1ccccc1)NN1CCOC(C2CCCCC2)C1C.Cl. The second-order valence-corrected chi connectivity index (χ2v) is 7.39. The van der Waals surface area contributed by atoms with Crippen molar-refractivity contribution in [2.24, 2.45) is 5.92 Å². The molecule has 0 aromatic heterocycles. The molecule has 1 aromatic carbocycles. The van der Waals surface area contributed by atoms with Crippen molar-refractivity contribution in [1.29, 1.82) is 0 Å². The van der Waals surface area contributed by atoms with Crippen molar-refractivity contribution < 1.29 is 4.74 Å². The molecule has 1 heterocycles. The molecule has 0 spiro atoms. The van der Waals surface area contributed by atoms with Crippen molar-refractivity contribution >= 4 is 12.4 Å². The van der Waals surface area contributed by atoms with Crippen LogP contribution in [0.5, 0.6) is 0 Å². The van der Waals surface area contributed by atoms with E-state index in [1.807, 2.05) is 0 Å². The van der Waals surface area contributed by atoms with Crippen LogP contribution < -0.4 is 5.43 Å². The Labute approximate surface area is 153 Å². The quantitative estimate of drug-likeness (QED) is 0.858. The molecule has 0 radical (unpaired) electrons. The minimum absolute atomic E-state index is 0. The van der Waals surface area contributed by atoms with Crippen molar-refractivity contribution in [3.05, 3.63) is 35.9 Å². The molecule has 2 aliphatic rings. The van der Waals surface area contributed by atoms with Gasteiger partial charge in [0.1, 0.15) is 0 Å². The lowest BCUT2D eigenvalue weighted by atomic mass is 9.82. The molecule has 2 fully saturated rings. The first kappa shape index (κ1) is 19.7. The molecular formula is C20H33ClN2O. The molecule has 0 bridgehead atoms. The third kappa shape index (κ3) is 5.19. The summed E-state index contributed by atoms with van der Waals surface area (Å²) >= 11 is 0. The minimum Gasteiger partial charge on any atom is -0.375 e. The second kappa shape index (κ2) is 9.76. The number of morpholine rings is 1. The fourth-order valence-corrected chi connectivity index (χ4v) is 4.28. The normalized spacial score (nSPS) is 27.4. The average molecular weight is 353 g/mol. The van der Waals surface area contributed by atoms with Crippen molar-refractivity contribution in [3.63, 3.8) is 0 Å². The number of halogens is 1. The van der Waals surface area contributed by atoms with Gasteiger partial charge in [-0.2, -0.15) is 0 Å². The number of hydrazine groups is 1. The summed E-state index contributed by atoms with van der Waals surface area (Å²) in [4.78, 5) is 0. The highest BCUT2D eigenvalue weighted by atomic mass is 35.5. The Morgan fingerprint density at radius 1 is 1.17 bits per heavy atom. The summed E-state index contributed by atoms with van der Waals surface area (Å²) in [6.07, 6.45) is 8.35. The third-order valence-corrected chi connectivity index (χ3v) is 5.49. The van der Waals surface area contributed by atoms with Crippen LogP contribution in [0.2, 0.25) is 0 Å². The van der Waals surface area contributed by atoms with Crippen LogP contribution in [0.4, 0.5) is 0 Å². The number of ether oxygens (including phenoxy) is 1. The first-order chi connectivity index (χ1) is 11.2. The van der Waals surface area contributed by atoms with Gasteiger partial charge in [0.2, 0.25) is 0 Å². The standard InChI is InChI=1S/C20H32N2O.ClH/c1-16(15-18-9-5-3-6-10-18)21-22-13-14-23-20(17(22)2)19-11-7-4-8-12-19;/h3,5-6,9-10,16-17,19-21H,4,7-8,11-15H2,1-2H3;1H. The molecule has 1 aliphatic heterocycles. The molecule has 3 atom stereocenters. The van der Waals surface area contributed by atoms with Gasteiger partial charge in [-0.1, -0.05) is 49.6 Å². The maximum absolute atomic E-state index is 6.18. The Morgan fingerprint density at radius 2 is 1.88 bits per heavy atom. The van der Waals surface area contributed by atoms with Crippen molar-refractivity contribution in [2.45, 2.75) is 70.6 Å². The number of rotatable bonds is 5. The molecule has 1 aromatic rings. The largest absolute Gasteiger partial charge is 0.375 e. The topological polar surface area (TPSA) is 24.5 Å². The zero-order valence-corrected chi connectivity index (χ0v) is 15.9. The fraction of sp³-hybridized carbons (Fsp3) is 0.700. The number of nitrogens with one attached hydrogen (secondary N) is 1. The van der Waals surface area contributed by atoms with E-state index in [-0.39, 0.29) is 12.4 Å². The van der Waals surface area contributed by atoms with E-state index in [2.05, 4.69) is 54.6 Å². The number of hydrogen-bond donors (Lipinski definition) is 1. The van der Waals surface area contributed by atoms with Crippen LogP contribution >= 0.6 is 12.4 Å². The van der Waals surface area contributed by atoms with Crippen LogP contribution in [0.25, 0.3) is 0 Å². The highest BCUT2D eigenvalue weighted by molar-refractivity contribution is 5.85. The van der Waals surface area contributed by atoms with Gasteiger partial charge in [-0.15, -0.1) is 12.4 Å². The average Bonchev–Trinajstić information content (AvgIpc) is 2.58. The van der Waals surface area contributed by atoms with E-state index in [1.165, 1.54) is 37.7 Å². The molecule has 1 saturated heterocycles. The van der Waals surface area contributed by atoms with Gasteiger partial charge < -0.3 is 4.74 Å². The summed E-state index contributed by atoms with van der Waals surface area (Å²) in [7, 11) is 0. The lowest BCUT2D eigenvalue weighted by Gasteiger charge is -2.44. The smallest absolute Gasteiger partial charge is 0.0770 e. The van der Waals surface area contributed by atoms with E-state index in [4.69, 9.17) is 4.74 Å². The van der Waals surface area contributed by atoms with Crippen LogP contribution in [-0.2, 0) is 11.2 Å². The minimum atomic E-state index is 0. The van der Waals surface area contributed by atoms with Gasteiger partial charge in [0.15, 0.2) is 0 Å². The summed E-state index contributed by atoms with van der Waals surface area (Å²) in [5, 5.41) is 2.44. The first-order valence-electron chi connectivity index (χ1n) is 9.42. The Morgan fingerprint density at radius 3 is 2.58 bits per heavy atom. The van der Waals surface area contributed by atoms with Crippen molar-refractivity contribution in [3.8, 4) is 0 Å². The molecule has 0 amide bonds. The summed E-state index contributed by atoms with van der Waals surface area (Å²) < 4.78 is 6.18. The number of hydrogen-bond acceptors (Lipinski definition) is 3. The summed E-state index contributed by atoms with van der Waals surface area (Å²) in [5.41, 5.74) is 5.14. The van der Waals surface area contributed by atoms with Crippen LogP contribution in [0.1, 0.15) is 51.5 Å². The number of benzene rings is 1. The fourth-order valence-electron chi connectivity index (χ4n) is 4.28. The zero-order chi connectivity index (χ0) is 16.1. The van der Waals surface area contributed by atoms with Gasteiger partial charge in [-0.05, 0) is 44.6 Å². The van der Waals surface area contributed by atoms with Gasteiger partial charge in [-0.3, -0.25) is 5.43 Å². The molecule has 24 heavy (non-hydrogen) atoms. The Kier molecular flexibility index (Phi) is 8.02. The Hall–Kier alpha value is -0.610. The summed E-state index contributed by atoms with van der Waals surface area (Å²) in [6, 6.07) is 11.7. The van der Waals surface area contributed by atoms with Gasteiger partial charge in [0.05, 0.1) is 12.7 Å². The lowest BCUT2D eigenvalue weighted by molar-refractivity contribution is -0.117. The van der Waals surface area contributed by atoms with Gasteiger partial charge >= 0.3 is 0 Å². The summed E-state index contributed by atoms with van der Waals surface area (Å²) in [5.74, 6) is 0.757. The van der Waals surface area contributed by atoms with Gasteiger partial charge in [0, 0.05) is 18.6 Å². The van der Waals surface area contributed by atoms with E-state index in [1.54, 1.807) is 0 Å². The predicted molar refractivity (Wildman–Crippen MR) is 102 cm³/mol. The third-order valence-electron chi connectivity index (χ3n) is 5.49. The van der Waals surface area contributed by atoms with Crippen LogP contribution in [0.3, 0.4) is 0 Å². The maximum Gasteiger partial charge on any atom is 0.0770 e. The van der Waals surface area contributed by atoms with Crippen molar-refractivity contribution in [1.82, 2.24) is 10.4 Å². The molecule has 1 N–H and O–H groups in total. The zero-order valence-electron chi connectivity index (χ0n) is 15.1. The molecule has 1 aliphatic carbocycles. The predicted octanol–water partition coefficient (Wildman–Crippen LogP) is 4.21. The molecule has 1 saturated carbocycles. The second-order valence-electron chi connectivity index (χ2n) is 7.39. The van der Waals surface area contributed by atoms with E-state index in [9.17, 15) is 0 Å².